The van der Waals surface area contributed by atoms with E-state index in [0.29, 0.717) is 17.3 Å². The molecule has 1 aromatic carbocycles. The van der Waals surface area contributed by atoms with Crippen LogP contribution in [0.2, 0.25) is 0 Å². The van der Waals surface area contributed by atoms with Gasteiger partial charge in [-0.15, -0.1) is 0 Å². The molecule has 0 heterocycles. The van der Waals surface area contributed by atoms with Gasteiger partial charge in [0.05, 0.1) is 11.0 Å². The molecule has 0 aromatic heterocycles. The summed E-state index contributed by atoms with van der Waals surface area (Å²) in [7, 11) is -4.13. The number of benzene rings is 1. The maximum atomic E-state index is 12.3. The Hall–Kier alpha value is -1.50. The lowest BCUT2D eigenvalue weighted by Crippen LogP contribution is -2.52. The topological polar surface area (TPSA) is 113 Å². The molecule has 0 atom stereocenters. The number of nitro benzene ring substituents is 1. The summed E-state index contributed by atoms with van der Waals surface area (Å²) in [6, 6.07) is 5.59. The van der Waals surface area contributed by atoms with Crippen LogP contribution in [-0.2, 0) is 10.0 Å². The molecule has 1 saturated carbocycles. The van der Waals surface area contributed by atoms with E-state index in [1.54, 1.807) is 0 Å². The van der Waals surface area contributed by atoms with E-state index < -0.39 is 31.1 Å². The maximum absolute atomic E-state index is 12.3. The SMILES string of the molecule is N#CC1(NS(=O)(=O)c2cc(Br)ccc2[N+](=O)[O-])CCC1. The van der Waals surface area contributed by atoms with Crippen LogP contribution in [0.5, 0.6) is 0 Å². The van der Waals surface area contributed by atoms with Crippen LogP contribution in [-0.4, -0.2) is 18.9 Å². The number of nitrogens with one attached hydrogen (secondary N) is 1. The number of hydrogen-bond acceptors (Lipinski definition) is 5. The number of rotatable bonds is 4. The fourth-order valence-corrected chi connectivity index (χ4v) is 4.02. The molecule has 20 heavy (non-hydrogen) atoms. The van der Waals surface area contributed by atoms with Crippen molar-refractivity contribution in [2.24, 2.45) is 0 Å². The van der Waals surface area contributed by atoms with Gasteiger partial charge in [0.15, 0.2) is 4.90 Å². The van der Waals surface area contributed by atoms with Crippen molar-refractivity contribution in [3.8, 4) is 6.07 Å². The highest BCUT2D eigenvalue weighted by atomic mass is 79.9. The van der Waals surface area contributed by atoms with Gasteiger partial charge in [-0.1, -0.05) is 15.9 Å². The minimum absolute atomic E-state index is 0.406. The van der Waals surface area contributed by atoms with E-state index in [2.05, 4.69) is 20.7 Å². The fourth-order valence-electron chi connectivity index (χ4n) is 1.93. The van der Waals surface area contributed by atoms with Gasteiger partial charge in [0.2, 0.25) is 10.0 Å². The Kier molecular flexibility index (Phi) is 3.82. The molecule has 1 aromatic rings. The molecule has 1 aliphatic carbocycles. The van der Waals surface area contributed by atoms with Gasteiger partial charge in [0, 0.05) is 10.5 Å². The summed E-state index contributed by atoms with van der Waals surface area (Å²) in [5.41, 5.74) is -1.66. The molecule has 0 radical (unpaired) electrons. The van der Waals surface area contributed by atoms with Gasteiger partial charge >= 0.3 is 0 Å². The Balaban J connectivity index is 2.47. The zero-order valence-corrected chi connectivity index (χ0v) is 12.6. The molecule has 0 aliphatic heterocycles. The maximum Gasteiger partial charge on any atom is 0.289 e. The zero-order chi connectivity index (χ0) is 15.0. The van der Waals surface area contributed by atoms with Gasteiger partial charge in [-0.05, 0) is 31.4 Å². The van der Waals surface area contributed by atoms with Crippen LogP contribution in [0.3, 0.4) is 0 Å². The van der Waals surface area contributed by atoms with Crippen LogP contribution in [0, 0.1) is 21.4 Å². The van der Waals surface area contributed by atoms with Gasteiger partial charge in [-0.2, -0.15) is 9.98 Å². The summed E-state index contributed by atoms with van der Waals surface area (Å²) in [5.74, 6) is 0. The highest BCUT2D eigenvalue weighted by Crippen LogP contribution is 2.34. The molecule has 0 spiro atoms. The summed E-state index contributed by atoms with van der Waals surface area (Å²) in [6.07, 6.45) is 1.56. The highest BCUT2D eigenvalue weighted by molar-refractivity contribution is 9.10. The summed E-state index contributed by atoms with van der Waals surface area (Å²) < 4.78 is 27.3. The van der Waals surface area contributed by atoms with Crippen LogP contribution < -0.4 is 4.72 Å². The number of nitriles is 1. The van der Waals surface area contributed by atoms with E-state index in [-0.39, 0.29) is 0 Å². The first kappa shape index (κ1) is 14.9. The Bertz CT molecular complexity index is 707. The van der Waals surface area contributed by atoms with E-state index in [0.717, 1.165) is 18.6 Å². The second-order valence-corrected chi connectivity index (χ2v) is 7.09. The molecule has 1 aliphatic rings. The number of nitrogens with zero attached hydrogens (tertiary/aromatic N) is 2. The van der Waals surface area contributed by atoms with E-state index in [1.165, 1.54) is 6.07 Å². The van der Waals surface area contributed by atoms with Crippen LogP contribution in [0.15, 0.2) is 27.6 Å². The number of sulfonamides is 1. The second kappa shape index (κ2) is 5.12. The quantitative estimate of drug-likeness (QED) is 0.652. The van der Waals surface area contributed by atoms with Crippen molar-refractivity contribution < 1.29 is 13.3 Å². The highest BCUT2D eigenvalue weighted by Gasteiger charge is 2.42. The normalized spacial score (nSPS) is 17.0. The lowest BCUT2D eigenvalue weighted by atomic mass is 9.79. The lowest BCUT2D eigenvalue weighted by Gasteiger charge is -2.35. The summed E-state index contributed by atoms with van der Waals surface area (Å²) in [4.78, 5) is 9.72. The first-order chi connectivity index (χ1) is 9.30. The lowest BCUT2D eigenvalue weighted by molar-refractivity contribution is -0.387. The predicted octanol–water partition coefficient (Wildman–Crippen LogP) is 2.08. The van der Waals surface area contributed by atoms with Crippen molar-refractivity contribution in [3.05, 3.63) is 32.8 Å². The molecule has 9 heteroatoms. The fraction of sp³-hybridized carbons (Fsp3) is 0.364. The molecule has 1 fully saturated rings. The van der Waals surface area contributed by atoms with Crippen molar-refractivity contribution in [3.63, 3.8) is 0 Å². The van der Waals surface area contributed by atoms with Crippen molar-refractivity contribution in [2.75, 3.05) is 0 Å². The van der Waals surface area contributed by atoms with E-state index in [1.807, 2.05) is 6.07 Å². The molecule has 0 unspecified atom stereocenters. The molecule has 0 bridgehead atoms. The molecule has 106 valence electrons. The van der Waals surface area contributed by atoms with Gasteiger partial charge in [0.1, 0.15) is 5.54 Å². The molecule has 7 nitrogen and oxygen atoms in total. The van der Waals surface area contributed by atoms with Crippen molar-refractivity contribution in [1.29, 1.82) is 5.26 Å². The summed E-state index contributed by atoms with van der Waals surface area (Å²) >= 11 is 3.09. The number of halogens is 1. The Morgan fingerprint density at radius 1 is 1.45 bits per heavy atom. The van der Waals surface area contributed by atoms with Crippen LogP contribution in [0.4, 0.5) is 5.69 Å². The first-order valence-corrected chi connectivity index (χ1v) is 7.96. The van der Waals surface area contributed by atoms with E-state index in [4.69, 9.17) is 5.26 Å². The van der Waals surface area contributed by atoms with E-state index >= 15 is 0 Å². The van der Waals surface area contributed by atoms with Crippen LogP contribution >= 0.6 is 15.9 Å². The van der Waals surface area contributed by atoms with Gasteiger partial charge < -0.3 is 0 Å². The molecular formula is C11H10BrN3O4S. The molecule has 1 N–H and O–H groups in total. The summed E-state index contributed by atoms with van der Waals surface area (Å²) in [5, 5.41) is 20.0. The first-order valence-electron chi connectivity index (χ1n) is 5.69. The third-order valence-electron chi connectivity index (χ3n) is 3.16. The summed E-state index contributed by atoms with van der Waals surface area (Å²) in [6.45, 7) is 0. The predicted molar refractivity (Wildman–Crippen MR) is 73.3 cm³/mol. The largest absolute Gasteiger partial charge is 0.289 e. The molecule has 2 rings (SSSR count). The average molecular weight is 360 g/mol. The molecule has 0 amide bonds. The molecular weight excluding hydrogens is 350 g/mol. The molecule has 0 saturated heterocycles. The third-order valence-corrected chi connectivity index (χ3v) is 5.22. The zero-order valence-electron chi connectivity index (χ0n) is 10.2. The van der Waals surface area contributed by atoms with Gasteiger partial charge in [-0.25, -0.2) is 8.42 Å². The Morgan fingerprint density at radius 2 is 2.10 bits per heavy atom. The minimum Gasteiger partial charge on any atom is -0.258 e. The van der Waals surface area contributed by atoms with Crippen molar-refractivity contribution in [2.45, 2.75) is 29.7 Å². The number of hydrogen-bond donors (Lipinski definition) is 1. The Labute approximate surface area is 123 Å². The smallest absolute Gasteiger partial charge is 0.258 e. The van der Waals surface area contributed by atoms with Crippen molar-refractivity contribution >= 4 is 31.6 Å². The third kappa shape index (κ3) is 2.67. The Morgan fingerprint density at radius 3 is 2.55 bits per heavy atom. The van der Waals surface area contributed by atoms with Gasteiger partial charge in [-0.3, -0.25) is 10.1 Å². The van der Waals surface area contributed by atoms with Gasteiger partial charge in [0.25, 0.3) is 5.69 Å². The number of nitro groups is 1. The minimum atomic E-state index is -4.13. The second-order valence-electron chi connectivity index (χ2n) is 4.52. The standard InChI is InChI=1S/C11H10BrN3O4S/c12-8-2-3-9(15(16)17)10(6-8)20(18,19)14-11(7-13)4-1-5-11/h2-3,6,14H,1,4-5H2. The average Bonchev–Trinajstić information content (AvgIpc) is 2.33. The monoisotopic (exact) mass is 359 g/mol. The van der Waals surface area contributed by atoms with Crippen LogP contribution in [0.1, 0.15) is 19.3 Å². The van der Waals surface area contributed by atoms with Crippen LogP contribution in [0.25, 0.3) is 0 Å². The van der Waals surface area contributed by atoms with E-state index in [9.17, 15) is 18.5 Å². The van der Waals surface area contributed by atoms with Crippen molar-refractivity contribution in [1.82, 2.24) is 4.72 Å².